The van der Waals surface area contributed by atoms with Crippen LogP contribution in [0.15, 0.2) is 22.2 Å². The minimum absolute atomic E-state index is 0.141. The molecule has 1 unspecified atom stereocenters. The lowest BCUT2D eigenvalue weighted by Crippen LogP contribution is -2.49. The van der Waals surface area contributed by atoms with Crippen molar-refractivity contribution >= 4 is 28.6 Å². The van der Waals surface area contributed by atoms with Crippen molar-refractivity contribution in [1.82, 2.24) is 20.1 Å². The third kappa shape index (κ3) is 5.34. The summed E-state index contributed by atoms with van der Waals surface area (Å²) in [5.41, 5.74) is 2.37. The fourth-order valence-electron chi connectivity index (χ4n) is 2.86. The molecular formula is C18H26N4OS2. The van der Waals surface area contributed by atoms with Gasteiger partial charge in [-0.25, -0.2) is 4.98 Å². The maximum Gasteiger partial charge on any atom is 0.234 e. The zero-order valence-corrected chi connectivity index (χ0v) is 16.5. The molecule has 25 heavy (non-hydrogen) atoms. The van der Waals surface area contributed by atoms with E-state index in [0.717, 1.165) is 49.8 Å². The first-order valence-electron chi connectivity index (χ1n) is 8.85. The van der Waals surface area contributed by atoms with Crippen LogP contribution in [0.2, 0.25) is 0 Å². The number of hydrogen-bond donors (Lipinski definition) is 1. The van der Waals surface area contributed by atoms with Crippen LogP contribution in [-0.4, -0.2) is 59.5 Å². The van der Waals surface area contributed by atoms with E-state index in [2.05, 4.69) is 44.2 Å². The van der Waals surface area contributed by atoms with Crippen LogP contribution in [0, 0.1) is 0 Å². The zero-order chi connectivity index (χ0) is 17.6. The molecule has 1 amide bonds. The zero-order valence-electron chi connectivity index (χ0n) is 14.9. The topological polar surface area (TPSA) is 48.5 Å². The van der Waals surface area contributed by atoms with Crippen LogP contribution in [0.25, 0.3) is 10.6 Å². The van der Waals surface area contributed by atoms with Gasteiger partial charge >= 0.3 is 0 Å². The standard InChI is InChI=1S/C18H26N4OS2/c1-3-14(2)19-17(23)11-22-7-5-21(6-8-22)10-16-13-25-18(20-16)15-4-9-24-12-15/h4,9,12-14H,3,5-8,10-11H2,1-2H3,(H,19,23). The molecule has 2 aromatic rings. The predicted molar refractivity (Wildman–Crippen MR) is 105 cm³/mol. The van der Waals surface area contributed by atoms with Gasteiger partial charge in [0, 0.05) is 55.1 Å². The summed E-state index contributed by atoms with van der Waals surface area (Å²) in [7, 11) is 0. The Morgan fingerprint density at radius 3 is 2.72 bits per heavy atom. The number of thiazole rings is 1. The SMILES string of the molecule is CCC(C)NC(=O)CN1CCN(Cc2csc(-c3ccsc3)n2)CC1. The van der Waals surface area contributed by atoms with Crippen molar-refractivity contribution in [2.24, 2.45) is 0 Å². The second-order valence-corrected chi connectivity index (χ2v) is 8.22. The van der Waals surface area contributed by atoms with Gasteiger partial charge in [0.25, 0.3) is 0 Å². The smallest absolute Gasteiger partial charge is 0.234 e. The molecule has 3 heterocycles. The van der Waals surface area contributed by atoms with E-state index in [0.29, 0.717) is 6.54 Å². The first kappa shape index (κ1) is 18.5. The number of amides is 1. The highest BCUT2D eigenvalue weighted by atomic mass is 32.1. The summed E-state index contributed by atoms with van der Waals surface area (Å²) in [6.07, 6.45) is 0.973. The van der Waals surface area contributed by atoms with Crippen molar-refractivity contribution in [2.45, 2.75) is 32.9 Å². The molecule has 0 spiro atoms. The summed E-state index contributed by atoms with van der Waals surface area (Å²) in [5, 5.41) is 10.6. The normalized spacial score (nSPS) is 17.5. The number of piperazine rings is 1. The van der Waals surface area contributed by atoms with Gasteiger partial charge in [-0.15, -0.1) is 11.3 Å². The molecule has 1 aliphatic rings. The molecule has 0 aromatic carbocycles. The number of nitrogens with zero attached hydrogens (tertiary/aromatic N) is 3. The van der Waals surface area contributed by atoms with Crippen LogP contribution in [0.3, 0.4) is 0 Å². The Bertz CT molecular complexity index is 662. The molecule has 1 saturated heterocycles. The van der Waals surface area contributed by atoms with E-state index in [1.807, 2.05) is 6.92 Å². The number of carbonyl (C=O) groups excluding carboxylic acids is 1. The summed E-state index contributed by atoms with van der Waals surface area (Å²) in [4.78, 5) is 21.4. The molecule has 5 nitrogen and oxygen atoms in total. The van der Waals surface area contributed by atoms with E-state index in [1.165, 1.54) is 5.56 Å². The van der Waals surface area contributed by atoms with Gasteiger partial charge in [-0.1, -0.05) is 6.92 Å². The van der Waals surface area contributed by atoms with Crippen molar-refractivity contribution in [3.8, 4) is 10.6 Å². The molecule has 1 N–H and O–H groups in total. The van der Waals surface area contributed by atoms with Crippen LogP contribution in [0.4, 0.5) is 0 Å². The van der Waals surface area contributed by atoms with Gasteiger partial charge in [-0.3, -0.25) is 14.6 Å². The number of aromatic nitrogens is 1. The highest BCUT2D eigenvalue weighted by Gasteiger charge is 2.20. The van der Waals surface area contributed by atoms with Crippen LogP contribution in [0.1, 0.15) is 26.0 Å². The minimum atomic E-state index is 0.141. The van der Waals surface area contributed by atoms with Gasteiger partial charge in [-0.2, -0.15) is 11.3 Å². The van der Waals surface area contributed by atoms with Crippen molar-refractivity contribution in [3.05, 3.63) is 27.9 Å². The first-order valence-corrected chi connectivity index (χ1v) is 10.7. The molecule has 7 heteroatoms. The second kappa shape index (κ2) is 8.89. The van der Waals surface area contributed by atoms with Gasteiger partial charge in [0.15, 0.2) is 0 Å². The quantitative estimate of drug-likeness (QED) is 0.805. The van der Waals surface area contributed by atoms with Crippen molar-refractivity contribution in [2.75, 3.05) is 32.7 Å². The molecule has 0 radical (unpaired) electrons. The molecule has 136 valence electrons. The number of rotatable bonds is 7. The maximum atomic E-state index is 12.0. The van der Waals surface area contributed by atoms with E-state index in [4.69, 9.17) is 4.98 Å². The van der Waals surface area contributed by atoms with E-state index >= 15 is 0 Å². The molecular weight excluding hydrogens is 352 g/mol. The minimum Gasteiger partial charge on any atom is -0.353 e. The highest BCUT2D eigenvalue weighted by molar-refractivity contribution is 7.14. The van der Waals surface area contributed by atoms with Crippen LogP contribution < -0.4 is 5.32 Å². The number of thiophene rings is 1. The highest BCUT2D eigenvalue weighted by Crippen LogP contribution is 2.26. The molecule has 1 atom stereocenters. The van der Waals surface area contributed by atoms with E-state index < -0.39 is 0 Å². The van der Waals surface area contributed by atoms with Crippen LogP contribution in [-0.2, 0) is 11.3 Å². The third-order valence-corrected chi connectivity index (χ3v) is 6.18. The lowest BCUT2D eigenvalue weighted by atomic mass is 10.2. The van der Waals surface area contributed by atoms with Gasteiger partial charge in [0.2, 0.25) is 5.91 Å². The molecule has 1 aliphatic heterocycles. The molecule has 0 bridgehead atoms. The van der Waals surface area contributed by atoms with E-state index in [9.17, 15) is 4.79 Å². The summed E-state index contributed by atoms with van der Waals surface area (Å²) in [6, 6.07) is 2.38. The Hall–Kier alpha value is -1.28. The largest absolute Gasteiger partial charge is 0.353 e. The Labute approximate surface area is 157 Å². The molecule has 2 aromatic heterocycles. The van der Waals surface area contributed by atoms with Crippen molar-refractivity contribution in [1.29, 1.82) is 0 Å². The van der Waals surface area contributed by atoms with Gasteiger partial charge in [-0.05, 0) is 24.8 Å². The lowest BCUT2D eigenvalue weighted by Gasteiger charge is -2.34. The van der Waals surface area contributed by atoms with Crippen LogP contribution in [0.5, 0.6) is 0 Å². The van der Waals surface area contributed by atoms with E-state index in [-0.39, 0.29) is 11.9 Å². The first-order chi connectivity index (χ1) is 12.1. The molecule has 0 saturated carbocycles. The van der Waals surface area contributed by atoms with Crippen molar-refractivity contribution < 1.29 is 4.79 Å². The predicted octanol–water partition coefficient (Wildman–Crippen LogP) is 2.90. The van der Waals surface area contributed by atoms with Crippen LogP contribution >= 0.6 is 22.7 Å². The Kier molecular flexibility index (Phi) is 6.58. The van der Waals surface area contributed by atoms with Gasteiger partial charge < -0.3 is 5.32 Å². The third-order valence-electron chi connectivity index (χ3n) is 4.56. The second-order valence-electron chi connectivity index (χ2n) is 6.59. The van der Waals surface area contributed by atoms with E-state index in [1.54, 1.807) is 22.7 Å². The number of nitrogens with one attached hydrogen (secondary N) is 1. The lowest BCUT2D eigenvalue weighted by molar-refractivity contribution is -0.123. The summed E-state index contributed by atoms with van der Waals surface area (Å²) >= 11 is 3.43. The van der Waals surface area contributed by atoms with Crippen molar-refractivity contribution in [3.63, 3.8) is 0 Å². The van der Waals surface area contributed by atoms with Gasteiger partial charge in [0.05, 0.1) is 12.2 Å². The molecule has 1 fully saturated rings. The summed E-state index contributed by atoms with van der Waals surface area (Å²) < 4.78 is 0. The average molecular weight is 379 g/mol. The number of carbonyl (C=O) groups is 1. The van der Waals surface area contributed by atoms with Gasteiger partial charge in [0.1, 0.15) is 5.01 Å². The molecule has 3 rings (SSSR count). The Balaban J connectivity index is 1.43. The monoisotopic (exact) mass is 378 g/mol. The Morgan fingerprint density at radius 1 is 1.28 bits per heavy atom. The maximum absolute atomic E-state index is 12.0. The number of hydrogen-bond acceptors (Lipinski definition) is 6. The fourth-order valence-corrected chi connectivity index (χ4v) is 4.38. The summed E-state index contributed by atoms with van der Waals surface area (Å²) in [5.74, 6) is 0.141. The fraction of sp³-hybridized carbons (Fsp3) is 0.556. The molecule has 0 aliphatic carbocycles. The average Bonchev–Trinajstić information content (AvgIpc) is 3.27. The summed E-state index contributed by atoms with van der Waals surface area (Å²) in [6.45, 7) is 9.40. The Morgan fingerprint density at radius 2 is 2.04 bits per heavy atom.